The summed E-state index contributed by atoms with van der Waals surface area (Å²) in [6.45, 7) is 9.65. The van der Waals surface area contributed by atoms with Gasteiger partial charge in [-0.1, -0.05) is 18.2 Å². The third-order valence-electron chi connectivity index (χ3n) is 3.54. The Labute approximate surface area is 131 Å². The summed E-state index contributed by atoms with van der Waals surface area (Å²) in [5, 5.41) is 1.02. The van der Waals surface area contributed by atoms with E-state index < -0.39 is 17.7 Å². The van der Waals surface area contributed by atoms with Crippen LogP contribution in [0.2, 0.25) is 0 Å². The zero-order valence-corrected chi connectivity index (χ0v) is 14.1. The molecule has 4 nitrogen and oxygen atoms in total. The van der Waals surface area contributed by atoms with Gasteiger partial charge in [0.1, 0.15) is 0 Å². The number of hydrogen-bond acceptors (Lipinski definition) is 4. The first-order valence-corrected chi connectivity index (χ1v) is 7.36. The number of carbonyl (C=O) groups excluding carboxylic acids is 1. The maximum Gasteiger partial charge on any atom is 0.339 e. The smallest absolute Gasteiger partial charge is 0.339 e. The molecular formula is C18H23NO3. The van der Waals surface area contributed by atoms with Gasteiger partial charge in [-0.3, -0.25) is 4.98 Å². The van der Waals surface area contributed by atoms with Gasteiger partial charge in [-0.15, -0.1) is 0 Å². The number of benzene rings is 1. The molecule has 1 aromatic heterocycles. The fraction of sp³-hybridized carbons (Fsp3) is 0.444. The van der Waals surface area contributed by atoms with Crippen molar-refractivity contribution < 1.29 is 14.3 Å². The molecule has 2 aromatic rings. The van der Waals surface area contributed by atoms with Crippen molar-refractivity contribution in [2.45, 2.75) is 46.3 Å². The van der Waals surface area contributed by atoms with Crippen molar-refractivity contribution in [2.75, 3.05) is 7.11 Å². The van der Waals surface area contributed by atoms with Crippen molar-refractivity contribution in [1.82, 2.24) is 4.98 Å². The zero-order chi connectivity index (χ0) is 16.5. The first kappa shape index (κ1) is 16.4. The SMILES string of the molecule is COC(=O)[C@@H](OC(C)(C)C)c1c(C)nc2ccccc2c1C. The Morgan fingerprint density at radius 1 is 1.18 bits per heavy atom. The van der Waals surface area contributed by atoms with Crippen LogP contribution in [0.4, 0.5) is 0 Å². The fourth-order valence-corrected chi connectivity index (χ4v) is 2.62. The highest BCUT2D eigenvalue weighted by molar-refractivity contribution is 5.86. The van der Waals surface area contributed by atoms with E-state index in [-0.39, 0.29) is 0 Å². The van der Waals surface area contributed by atoms with Gasteiger partial charge in [-0.05, 0) is 46.2 Å². The number of fused-ring (bicyclic) bond motifs is 1. The molecule has 22 heavy (non-hydrogen) atoms. The van der Waals surface area contributed by atoms with Crippen LogP contribution < -0.4 is 0 Å². The molecule has 0 bridgehead atoms. The van der Waals surface area contributed by atoms with Gasteiger partial charge in [0.15, 0.2) is 6.10 Å². The summed E-state index contributed by atoms with van der Waals surface area (Å²) in [6, 6.07) is 7.90. The summed E-state index contributed by atoms with van der Waals surface area (Å²) in [5.74, 6) is -0.404. The maximum atomic E-state index is 12.3. The molecule has 0 unspecified atom stereocenters. The first-order valence-electron chi connectivity index (χ1n) is 7.36. The quantitative estimate of drug-likeness (QED) is 0.807. The van der Waals surface area contributed by atoms with Crippen molar-refractivity contribution in [3.63, 3.8) is 0 Å². The number of carbonyl (C=O) groups is 1. The molecule has 1 atom stereocenters. The molecule has 1 heterocycles. The number of ether oxygens (including phenoxy) is 2. The molecule has 0 aliphatic carbocycles. The van der Waals surface area contributed by atoms with Crippen molar-refractivity contribution >= 4 is 16.9 Å². The number of rotatable bonds is 3. The number of methoxy groups -OCH3 is 1. The van der Waals surface area contributed by atoms with Crippen LogP contribution in [0.1, 0.15) is 43.7 Å². The van der Waals surface area contributed by atoms with Crippen LogP contribution >= 0.6 is 0 Å². The van der Waals surface area contributed by atoms with Gasteiger partial charge in [0, 0.05) is 16.6 Å². The minimum Gasteiger partial charge on any atom is -0.467 e. The molecule has 0 saturated heterocycles. The highest BCUT2D eigenvalue weighted by atomic mass is 16.6. The minimum absolute atomic E-state index is 0.404. The molecule has 0 amide bonds. The Morgan fingerprint density at radius 2 is 1.82 bits per heavy atom. The number of esters is 1. The lowest BCUT2D eigenvalue weighted by Crippen LogP contribution is -2.29. The van der Waals surface area contributed by atoms with Gasteiger partial charge in [0.05, 0.1) is 18.2 Å². The van der Waals surface area contributed by atoms with E-state index in [9.17, 15) is 4.79 Å². The molecule has 2 rings (SSSR count). The molecule has 0 aliphatic heterocycles. The Bertz CT molecular complexity index is 701. The second-order valence-electron chi connectivity index (χ2n) is 6.39. The van der Waals surface area contributed by atoms with Crippen molar-refractivity contribution in [3.05, 3.63) is 41.1 Å². The molecule has 0 spiro atoms. The fourth-order valence-electron chi connectivity index (χ4n) is 2.62. The lowest BCUT2D eigenvalue weighted by atomic mass is 9.97. The van der Waals surface area contributed by atoms with E-state index in [1.807, 2.05) is 58.9 Å². The van der Waals surface area contributed by atoms with E-state index in [0.717, 1.165) is 27.7 Å². The monoisotopic (exact) mass is 301 g/mol. The molecule has 0 N–H and O–H groups in total. The lowest BCUT2D eigenvalue weighted by Gasteiger charge is -2.28. The van der Waals surface area contributed by atoms with Crippen LogP contribution in [-0.4, -0.2) is 23.7 Å². The third kappa shape index (κ3) is 3.28. The molecule has 0 aliphatic rings. The van der Waals surface area contributed by atoms with Crippen LogP contribution in [0.3, 0.4) is 0 Å². The standard InChI is InChI=1S/C18H23NO3/c1-11-13-9-7-8-10-14(13)19-12(2)15(11)16(17(20)21-6)22-18(3,4)5/h7-10,16H,1-6H3/t16-/m0/s1. The highest BCUT2D eigenvalue weighted by Gasteiger charge is 2.31. The number of hydrogen-bond donors (Lipinski definition) is 0. The van der Waals surface area contributed by atoms with Gasteiger partial charge < -0.3 is 9.47 Å². The number of nitrogens with zero attached hydrogens (tertiary/aromatic N) is 1. The molecular weight excluding hydrogens is 278 g/mol. The largest absolute Gasteiger partial charge is 0.467 e. The summed E-state index contributed by atoms with van der Waals surface area (Å²) in [4.78, 5) is 16.9. The second-order valence-corrected chi connectivity index (χ2v) is 6.39. The lowest BCUT2D eigenvalue weighted by molar-refractivity contribution is -0.164. The van der Waals surface area contributed by atoms with E-state index in [4.69, 9.17) is 9.47 Å². The van der Waals surface area contributed by atoms with E-state index in [1.54, 1.807) is 0 Å². The van der Waals surface area contributed by atoms with E-state index >= 15 is 0 Å². The Kier molecular flexibility index (Phi) is 4.52. The number of pyridine rings is 1. The zero-order valence-electron chi connectivity index (χ0n) is 14.1. The summed E-state index contributed by atoms with van der Waals surface area (Å²) in [6.07, 6.45) is -0.776. The Hall–Kier alpha value is -1.94. The van der Waals surface area contributed by atoms with E-state index in [1.165, 1.54) is 7.11 Å². The Morgan fingerprint density at radius 3 is 2.41 bits per heavy atom. The van der Waals surface area contributed by atoms with Crippen LogP contribution in [0, 0.1) is 13.8 Å². The molecule has 0 saturated carbocycles. The topological polar surface area (TPSA) is 48.4 Å². The third-order valence-corrected chi connectivity index (χ3v) is 3.54. The average Bonchev–Trinajstić information content (AvgIpc) is 2.44. The van der Waals surface area contributed by atoms with Crippen LogP contribution in [-0.2, 0) is 14.3 Å². The molecule has 4 heteroatoms. The van der Waals surface area contributed by atoms with Crippen molar-refractivity contribution in [2.24, 2.45) is 0 Å². The van der Waals surface area contributed by atoms with Crippen molar-refractivity contribution in [3.8, 4) is 0 Å². The van der Waals surface area contributed by atoms with Gasteiger partial charge in [-0.25, -0.2) is 4.79 Å². The van der Waals surface area contributed by atoms with Crippen molar-refractivity contribution in [1.29, 1.82) is 0 Å². The minimum atomic E-state index is -0.776. The first-order chi connectivity index (χ1) is 10.2. The van der Waals surface area contributed by atoms with Crippen LogP contribution in [0.15, 0.2) is 24.3 Å². The molecule has 0 fully saturated rings. The molecule has 0 radical (unpaired) electrons. The van der Waals surface area contributed by atoms with E-state index in [2.05, 4.69) is 4.98 Å². The summed E-state index contributed by atoms with van der Waals surface area (Å²) >= 11 is 0. The number of para-hydroxylation sites is 1. The maximum absolute atomic E-state index is 12.3. The number of aromatic nitrogens is 1. The van der Waals surface area contributed by atoms with Gasteiger partial charge >= 0.3 is 5.97 Å². The highest BCUT2D eigenvalue weighted by Crippen LogP contribution is 2.32. The predicted octanol–water partition coefficient (Wildman–Crippen LogP) is 3.88. The van der Waals surface area contributed by atoms with E-state index in [0.29, 0.717) is 0 Å². The molecule has 1 aromatic carbocycles. The summed E-state index contributed by atoms with van der Waals surface area (Å²) in [7, 11) is 1.38. The summed E-state index contributed by atoms with van der Waals surface area (Å²) in [5.41, 5.74) is 3.03. The normalized spacial score (nSPS) is 13.2. The van der Waals surface area contributed by atoms with Crippen LogP contribution in [0.25, 0.3) is 10.9 Å². The molecule has 118 valence electrons. The van der Waals surface area contributed by atoms with Crippen LogP contribution in [0.5, 0.6) is 0 Å². The van der Waals surface area contributed by atoms with Gasteiger partial charge in [0.25, 0.3) is 0 Å². The predicted molar refractivity (Wildman–Crippen MR) is 86.8 cm³/mol. The van der Waals surface area contributed by atoms with Gasteiger partial charge in [0.2, 0.25) is 0 Å². The van der Waals surface area contributed by atoms with Gasteiger partial charge in [-0.2, -0.15) is 0 Å². The Balaban J connectivity index is 2.65. The average molecular weight is 301 g/mol. The summed E-state index contributed by atoms with van der Waals surface area (Å²) < 4.78 is 10.9. The number of aryl methyl sites for hydroxylation is 2. The second kappa shape index (κ2) is 6.05.